The number of carbonyl (C=O) groups is 1. The molecule has 2 aromatic rings. The molecule has 5 nitrogen and oxygen atoms in total. The Balaban J connectivity index is 1.66. The van der Waals surface area contributed by atoms with Gasteiger partial charge in [-0.25, -0.2) is 4.79 Å². The summed E-state index contributed by atoms with van der Waals surface area (Å²) in [7, 11) is 2.16. The van der Waals surface area contributed by atoms with Gasteiger partial charge < -0.3 is 15.5 Å². The van der Waals surface area contributed by atoms with E-state index in [0.717, 1.165) is 31.9 Å². The number of rotatable bonds is 5. The minimum atomic E-state index is -0.158. The summed E-state index contributed by atoms with van der Waals surface area (Å²) in [6.07, 6.45) is 0. The lowest BCUT2D eigenvalue weighted by Crippen LogP contribution is -2.51. The van der Waals surface area contributed by atoms with Gasteiger partial charge in [0.2, 0.25) is 0 Å². The number of carbonyl (C=O) groups excluding carboxylic acids is 1. The third kappa shape index (κ3) is 4.81. The maximum atomic E-state index is 12.4. The Bertz CT molecular complexity index is 653. The molecule has 0 aliphatic carbocycles. The second kappa shape index (κ2) is 8.47. The molecular weight excluding hydrogens is 332 g/mol. The first kappa shape index (κ1) is 17.9. The van der Waals surface area contributed by atoms with E-state index in [1.165, 1.54) is 4.88 Å². The number of hydrogen-bond acceptors (Lipinski definition) is 4. The molecule has 2 heterocycles. The molecule has 134 valence electrons. The van der Waals surface area contributed by atoms with Crippen LogP contribution in [0.2, 0.25) is 0 Å². The van der Waals surface area contributed by atoms with Gasteiger partial charge in [0.25, 0.3) is 0 Å². The minimum absolute atomic E-state index is 0.0192. The van der Waals surface area contributed by atoms with Crippen molar-refractivity contribution < 1.29 is 4.79 Å². The van der Waals surface area contributed by atoms with Crippen molar-refractivity contribution in [3.8, 4) is 0 Å². The molecule has 2 atom stereocenters. The molecule has 25 heavy (non-hydrogen) atoms. The van der Waals surface area contributed by atoms with E-state index in [4.69, 9.17) is 0 Å². The Hall–Kier alpha value is -1.89. The van der Waals surface area contributed by atoms with E-state index in [0.29, 0.717) is 0 Å². The number of likely N-dealkylation sites (N-methyl/N-ethyl adjacent to an activating group) is 1. The van der Waals surface area contributed by atoms with Crippen LogP contribution in [-0.2, 0) is 0 Å². The lowest BCUT2D eigenvalue weighted by atomic mass is 10.1. The van der Waals surface area contributed by atoms with Crippen LogP contribution in [0.1, 0.15) is 17.8 Å². The molecule has 0 spiro atoms. The van der Waals surface area contributed by atoms with Crippen LogP contribution < -0.4 is 10.6 Å². The first-order chi connectivity index (χ1) is 12.1. The van der Waals surface area contributed by atoms with Gasteiger partial charge in [-0.2, -0.15) is 0 Å². The first-order valence-electron chi connectivity index (χ1n) is 8.72. The number of para-hydroxylation sites is 1. The summed E-state index contributed by atoms with van der Waals surface area (Å²) >= 11 is 1.76. The van der Waals surface area contributed by atoms with Gasteiger partial charge in [-0.15, -0.1) is 11.3 Å². The Morgan fingerprint density at radius 2 is 1.80 bits per heavy atom. The maximum Gasteiger partial charge on any atom is 0.319 e. The van der Waals surface area contributed by atoms with Gasteiger partial charge in [-0.3, -0.25) is 4.90 Å². The molecular formula is C19H26N4OS. The van der Waals surface area contributed by atoms with Crippen molar-refractivity contribution in [2.75, 3.05) is 38.5 Å². The number of piperazine rings is 1. The van der Waals surface area contributed by atoms with Crippen LogP contribution in [0.5, 0.6) is 0 Å². The highest BCUT2D eigenvalue weighted by Crippen LogP contribution is 2.29. The van der Waals surface area contributed by atoms with Crippen LogP contribution in [-0.4, -0.2) is 55.1 Å². The second-order valence-electron chi connectivity index (χ2n) is 6.55. The topological polar surface area (TPSA) is 47.6 Å². The number of benzene rings is 1. The molecule has 0 saturated carbocycles. The molecule has 2 N–H and O–H groups in total. The summed E-state index contributed by atoms with van der Waals surface area (Å²) in [4.78, 5) is 18.5. The van der Waals surface area contributed by atoms with Gasteiger partial charge in [0.15, 0.2) is 0 Å². The van der Waals surface area contributed by atoms with Crippen LogP contribution in [0.3, 0.4) is 0 Å². The number of urea groups is 1. The predicted octanol–water partition coefficient (Wildman–Crippen LogP) is 3.25. The SMILES string of the molecule is C[C@@H](NC(=O)Nc1ccccc1)[C@H](c1cccs1)N1CCN(C)CC1. The molecule has 6 heteroatoms. The van der Waals surface area contributed by atoms with Crippen molar-refractivity contribution in [1.82, 2.24) is 15.1 Å². The molecule has 2 amide bonds. The van der Waals surface area contributed by atoms with Gasteiger partial charge in [-0.1, -0.05) is 24.3 Å². The molecule has 1 aromatic heterocycles. The zero-order chi connectivity index (χ0) is 17.6. The van der Waals surface area contributed by atoms with Crippen LogP contribution in [0.15, 0.2) is 47.8 Å². The third-order valence-corrected chi connectivity index (χ3v) is 5.57. The fraction of sp³-hybridized carbons (Fsp3) is 0.421. The van der Waals surface area contributed by atoms with E-state index < -0.39 is 0 Å². The van der Waals surface area contributed by atoms with Gasteiger partial charge in [0, 0.05) is 42.8 Å². The Morgan fingerprint density at radius 1 is 1.08 bits per heavy atom. The Kier molecular flexibility index (Phi) is 6.07. The largest absolute Gasteiger partial charge is 0.333 e. The molecule has 1 saturated heterocycles. The van der Waals surface area contributed by atoms with Crippen molar-refractivity contribution in [3.63, 3.8) is 0 Å². The monoisotopic (exact) mass is 358 g/mol. The summed E-state index contributed by atoms with van der Waals surface area (Å²) in [6.45, 7) is 6.25. The smallest absolute Gasteiger partial charge is 0.319 e. The lowest BCUT2D eigenvalue weighted by Gasteiger charge is -2.40. The molecule has 1 aliphatic rings. The average Bonchev–Trinajstić information content (AvgIpc) is 3.11. The first-order valence-corrected chi connectivity index (χ1v) is 9.60. The molecule has 0 radical (unpaired) electrons. The molecule has 1 fully saturated rings. The Morgan fingerprint density at radius 3 is 2.44 bits per heavy atom. The van der Waals surface area contributed by atoms with E-state index in [2.05, 4.69) is 51.9 Å². The van der Waals surface area contributed by atoms with Gasteiger partial charge in [0.1, 0.15) is 0 Å². The van der Waals surface area contributed by atoms with Crippen LogP contribution >= 0.6 is 11.3 Å². The van der Waals surface area contributed by atoms with Gasteiger partial charge in [-0.05, 0) is 37.6 Å². The average molecular weight is 359 g/mol. The Labute approximate surface area is 153 Å². The normalized spacial score (nSPS) is 18.5. The maximum absolute atomic E-state index is 12.4. The summed E-state index contributed by atoms with van der Waals surface area (Å²) in [5.41, 5.74) is 0.805. The van der Waals surface area contributed by atoms with Crippen LogP contribution in [0, 0.1) is 0 Å². The molecule has 1 aliphatic heterocycles. The van der Waals surface area contributed by atoms with Gasteiger partial charge >= 0.3 is 6.03 Å². The number of thiophene rings is 1. The summed E-state index contributed by atoms with van der Waals surface area (Å²) in [5.74, 6) is 0. The van der Waals surface area contributed by atoms with E-state index in [1.54, 1.807) is 11.3 Å². The van der Waals surface area contributed by atoms with Crippen molar-refractivity contribution in [1.29, 1.82) is 0 Å². The number of nitrogens with one attached hydrogen (secondary N) is 2. The quantitative estimate of drug-likeness (QED) is 0.863. The van der Waals surface area contributed by atoms with E-state index >= 15 is 0 Å². The molecule has 0 unspecified atom stereocenters. The summed E-state index contributed by atoms with van der Waals surface area (Å²) < 4.78 is 0. The predicted molar refractivity (Wildman–Crippen MR) is 104 cm³/mol. The van der Waals surface area contributed by atoms with Crippen LogP contribution in [0.25, 0.3) is 0 Å². The zero-order valence-electron chi connectivity index (χ0n) is 14.8. The highest BCUT2D eigenvalue weighted by molar-refractivity contribution is 7.10. The summed E-state index contributed by atoms with van der Waals surface area (Å²) in [6, 6.07) is 13.9. The standard InChI is InChI=1S/C19H26N4OS/c1-15(20-19(24)21-16-7-4-3-5-8-16)18(17-9-6-14-25-17)23-12-10-22(2)11-13-23/h3-9,14-15,18H,10-13H2,1-2H3,(H2,20,21,24)/t15-,18-/m1/s1. The van der Waals surface area contributed by atoms with Gasteiger partial charge in [0.05, 0.1) is 6.04 Å². The highest BCUT2D eigenvalue weighted by Gasteiger charge is 2.30. The molecule has 0 bridgehead atoms. The minimum Gasteiger partial charge on any atom is -0.333 e. The van der Waals surface area contributed by atoms with Crippen molar-refractivity contribution in [3.05, 3.63) is 52.7 Å². The van der Waals surface area contributed by atoms with Crippen molar-refractivity contribution in [2.24, 2.45) is 0 Å². The number of nitrogens with zero attached hydrogens (tertiary/aromatic N) is 2. The third-order valence-electron chi connectivity index (χ3n) is 4.63. The summed E-state index contributed by atoms with van der Waals surface area (Å²) in [5, 5.41) is 8.14. The fourth-order valence-corrected chi connectivity index (χ4v) is 4.24. The van der Waals surface area contributed by atoms with Crippen molar-refractivity contribution in [2.45, 2.75) is 19.0 Å². The second-order valence-corrected chi connectivity index (χ2v) is 7.53. The number of hydrogen-bond donors (Lipinski definition) is 2. The van der Waals surface area contributed by atoms with E-state index in [1.807, 2.05) is 30.3 Å². The van der Waals surface area contributed by atoms with Crippen molar-refractivity contribution >= 4 is 23.1 Å². The lowest BCUT2D eigenvalue weighted by molar-refractivity contribution is 0.0971. The molecule has 1 aromatic carbocycles. The highest BCUT2D eigenvalue weighted by atomic mass is 32.1. The zero-order valence-corrected chi connectivity index (χ0v) is 15.6. The number of anilines is 1. The molecule has 3 rings (SSSR count). The number of amides is 2. The fourth-order valence-electron chi connectivity index (χ4n) is 3.28. The van der Waals surface area contributed by atoms with E-state index in [-0.39, 0.29) is 18.1 Å². The van der Waals surface area contributed by atoms with Crippen LogP contribution in [0.4, 0.5) is 10.5 Å². The van der Waals surface area contributed by atoms with E-state index in [9.17, 15) is 4.79 Å².